The lowest BCUT2D eigenvalue weighted by Crippen LogP contribution is -1.91. The molecule has 0 spiro atoms. The molecular weight excluding hydrogens is 127 g/mol. The molecular formula is C4H11O3P. The summed E-state index contributed by atoms with van der Waals surface area (Å²) < 4.78 is 15.4. The second-order valence-electron chi connectivity index (χ2n) is 1.57. The molecule has 50 valence electrons. The van der Waals surface area contributed by atoms with Gasteiger partial charge in [-0.2, -0.15) is 0 Å². The third-order valence-electron chi connectivity index (χ3n) is 0.659. The van der Waals surface area contributed by atoms with Gasteiger partial charge in [0.05, 0.1) is 6.61 Å². The van der Waals surface area contributed by atoms with Crippen molar-refractivity contribution < 1.29 is 14.2 Å². The molecule has 0 bridgehead atoms. The molecule has 3 nitrogen and oxygen atoms in total. The van der Waals surface area contributed by atoms with Crippen molar-refractivity contribution >= 4 is 7.37 Å². The summed E-state index contributed by atoms with van der Waals surface area (Å²) in [4.78, 5) is 0. The molecule has 8 heavy (non-hydrogen) atoms. The first kappa shape index (κ1) is 8.15. The summed E-state index contributed by atoms with van der Waals surface area (Å²) in [5, 5.41) is 8.34. The fourth-order valence-electron chi connectivity index (χ4n) is 0.314. The maximum absolute atomic E-state index is 10.7. The standard InChI is InChI=1S/C4H11O3P/c1-3-7-8(2,6)4-5/h5H,3-4H2,1-2H3. The van der Waals surface area contributed by atoms with Gasteiger partial charge in [0.2, 0.25) is 7.37 Å². The zero-order valence-corrected chi connectivity index (χ0v) is 6.02. The topological polar surface area (TPSA) is 46.5 Å². The van der Waals surface area contributed by atoms with Gasteiger partial charge in [0.15, 0.2) is 0 Å². The maximum Gasteiger partial charge on any atom is 0.224 e. The Kier molecular flexibility index (Phi) is 3.29. The minimum absolute atomic E-state index is 0.360. The van der Waals surface area contributed by atoms with Crippen molar-refractivity contribution in [2.24, 2.45) is 0 Å². The molecule has 0 aliphatic carbocycles. The number of hydrogen-bond acceptors (Lipinski definition) is 3. The van der Waals surface area contributed by atoms with Crippen molar-refractivity contribution in [2.45, 2.75) is 6.92 Å². The Morgan fingerprint density at radius 1 is 1.75 bits per heavy atom. The molecule has 1 unspecified atom stereocenters. The van der Waals surface area contributed by atoms with Gasteiger partial charge in [-0.25, -0.2) is 0 Å². The van der Waals surface area contributed by atoms with Crippen LogP contribution < -0.4 is 0 Å². The number of aliphatic hydroxyl groups excluding tert-OH is 1. The molecule has 1 N–H and O–H groups in total. The Balaban J connectivity index is 3.55. The van der Waals surface area contributed by atoms with E-state index in [4.69, 9.17) is 5.11 Å². The third-order valence-corrected chi connectivity index (χ3v) is 1.98. The van der Waals surface area contributed by atoms with E-state index in [1.807, 2.05) is 0 Å². The van der Waals surface area contributed by atoms with Crippen molar-refractivity contribution in [3.05, 3.63) is 0 Å². The highest BCUT2D eigenvalue weighted by Gasteiger charge is 2.10. The highest BCUT2D eigenvalue weighted by molar-refractivity contribution is 7.57. The van der Waals surface area contributed by atoms with Crippen LogP contribution in [0.15, 0.2) is 0 Å². The maximum atomic E-state index is 10.7. The number of aliphatic hydroxyl groups is 1. The highest BCUT2D eigenvalue weighted by atomic mass is 31.2. The van der Waals surface area contributed by atoms with Crippen LogP contribution in [0.4, 0.5) is 0 Å². The van der Waals surface area contributed by atoms with E-state index < -0.39 is 7.37 Å². The zero-order valence-electron chi connectivity index (χ0n) is 5.13. The molecule has 0 rings (SSSR count). The van der Waals surface area contributed by atoms with Crippen molar-refractivity contribution in [2.75, 3.05) is 19.6 Å². The van der Waals surface area contributed by atoms with Crippen molar-refractivity contribution in [1.29, 1.82) is 0 Å². The van der Waals surface area contributed by atoms with Crippen LogP contribution in [0.3, 0.4) is 0 Å². The summed E-state index contributed by atoms with van der Waals surface area (Å²) in [6.45, 7) is 3.55. The van der Waals surface area contributed by atoms with Crippen molar-refractivity contribution in [1.82, 2.24) is 0 Å². The van der Waals surface area contributed by atoms with Crippen LogP contribution >= 0.6 is 7.37 Å². The molecule has 1 atom stereocenters. The van der Waals surface area contributed by atoms with Crippen LogP contribution in [0, 0.1) is 0 Å². The van der Waals surface area contributed by atoms with Gasteiger partial charge in [0.25, 0.3) is 0 Å². The fraction of sp³-hybridized carbons (Fsp3) is 1.00. The largest absolute Gasteiger partial charge is 0.386 e. The minimum atomic E-state index is -2.62. The van der Waals surface area contributed by atoms with Crippen LogP contribution in [0.2, 0.25) is 0 Å². The summed E-state index contributed by atoms with van der Waals surface area (Å²) >= 11 is 0. The third kappa shape index (κ3) is 3.19. The van der Waals surface area contributed by atoms with E-state index in [9.17, 15) is 4.57 Å². The van der Waals surface area contributed by atoms with E-state index in [0.29, 0.717) is 6.61 Å². The van der Waals surface area contributed by atoms with Gasteiger partial charge in [-0.1, -0.05) is 0 Å². The average molecular weight is 138 g/mol. The molecule has 0 amide bonds. The molecule has 0 aliphatic heterocycles. The molecule has 0 saturated heterocycles. The van der Waals surface area contributed by atoms with Crippen LogP contribution in [0.1, 0.15) is 6.92 Å². The lowest BCUT2D eigenvalue weighted by Gasteiger charge is -2.06. The van der Waals surface area contributed by atoms with Gasteiger partial charge in [0, 0.05) is 6.66 Å². The lowest BCUT2D eigenvalue weighted by molar-refractivity contribution is 0.287. The van der Waals surface area contributed by atoms with Crippen molar-refractivity contribution in [3.63, 3.8) is 0 Å². The molecule has 0 radical (unpaired) electrons. The van der Waals surface area contributed by atoms with E-state index in [-0.39, 0.29) is 6.35 Å². The molecule has 0 aromatic heterocycles. The van der Waals surface area contributed by atoms with Crippen LogP contribution in [0.25, 0.3) is 0 Å². The van der Waals surface area contributed by atoms with E-state index in [2.05, 4.69) is 4.52 Å². The summed E-state index contributed by atoms with van der Waals surface area (Å²) in [6, 6.07) is 0. The Morgan fingerprint density at radius 3 is 2.38 bits per heavy atom. The Bertz CT molecular complexity index is 101. The monoisotopic (exact) mass is 138 g/mol. The highest BCUT2D eigenvalue weighted by Crippen LogP contribution is 2.40. The van der Waals surface area contributed by atoms with Crippen LogP contribution in [0.5, 0.6) is 0 Å². The SMILES string of the molecule is CCOP(C)(=O)CO. The van der Waals surface area contributed by atoms with E-state index in [0.717, 1.165) is 0 Å². The number of hydrogen-bond donors (Lipinski definition) is 1. The minimum Gasteiger partial charge on any atom is -0.386 e. The smallest absolute Gasteiger partial charge is 0.224 e. The molecule has 0 aromatic carbocycles. The Labute approximate surface area is 49.1 Å². The van der Waals surface area contributed by atoms with E-state index in [1.165, 1.54) is 6.66 Å². The first-order valence-electron chi connectivity index (χ1n) is 2.44. The predicted molar refractivity (Wildman–Crippen MR) is 32.2 cm³/mol. The van der Waals surface area contributed by atoms with Crippen LogP contribution in [-0.2, 0) is 9.09 Å². The molecule has 0 aliphatic rings. The summed E-state index contributed by atoms with van der Waals surface area (Å²) in [5.74, 6) is 0. The zero-order chi connectivity index (χ0) is 6.62. The first-order valence-corrected chi connectivity index (χ1v) is 4.70. The molecule has 0 heterocycles. The molecule has 4 heteroatoms. The predicted octanol–water partition coefficient (Wildman–Crippen LogP) is 0.881. The quantitative estimate of drug-likeness (QED) is 0.589. The molecule has 0 saturated carbocycles. The summed E-state index contributed by atoms with van der Waals surface area (Å²) in [5.41, 5.74) is 0. The second kappa shape index (κ2) is 3.23. The normalized spacial score (nSPS) is 17.9. The lowest BCUT2D eigenvalue weighted by atomic mass is 10.9. The molecule has 0 fully saturated rings. The molecule has 0 aromatic rings. The first-order chi connectivity index (χ1) is 3.62. The summed E-state index contributed by atoms with van der Waals surface area (Å²) in [7, 11) is -2.62. The van der Waals surface area contributed by atoms with Gasteiger partial charge in [-0.3, -0.25) is 4.57 Å². The average Bonchev–Trinajstić information content (AvgIpc) is 1.67. The number of rotatable bonds is 3. The van der Waals surface area contributed by atoms with Gasteiger partial charge in [0.1, 0.15) is 6.35 Å². The van der Waals surface area contributed by atoms with Gasteiger partial charge >= 0.3 is 0 Å². The van der Waals surface area contributed by atoms with E-state index >= 15 is 0 Å². The Hall–Kier alpha value is 0.150. The van der Waals surface area contributed by atoms with Gasteiger partial charge < -0.3 is 9.63 Å². The van der Waals surface area contributed by atoms with Gasteiger partial charge in [-0.15, -0.1) is 0 Å². The second-order valence-corrected chi connectivity index (χ2v) is 4.14. The fourth-order valence-corrected chi connectivity index (χ4v) is 0.942. The van der Waals surface area contributed by atoms with Gasteiger partial charge in [-0.05, 0) is 6.92 Å². The van der Waals surface area contributed by atoms with E-state index in [1.54, 1.807) is 6.92 Å². The Morgan fingerprint density at radius 2 is 2.25 bits per heavy atom. The van der Waals surface area contributed by atoms with Crippen LogP contribution in [-0.4, -0.2) is 24.7 Å². The summed E-state index contributed by atoms with van der Waals surface area (Å²) in [6.07, 6.45) is -0.360. The van der Waals surface area contributed by atoms with Crippen molar-refractivity contribution in [3.8, 4) is 0 Å².